The molecule has 0 aromatic heterocycles. The number of nitrogens with two attached hydrogens (primary N) is 4. The maximum Gasteiger partial charge on any atom is 0.243 e. The summed E-state index contributed by atoms with van der Waals surface area (Å²) in [5.74, 6) is -1.63. The molecule has 12 nitrogen and oxygen atoms in total. The van der Waals surface area contributed by atoms with E-state index in [0.29, 0.717) is 31.4 Å². The van der Waals surface area contributed by atoms with Gasteiger partial charge in [0.2, 0.25) is 23.6 Å². The molecule has 4 atom stereocenters. The Kier molecular flexibility index (Phi) is 15.6. The van der Waals surface area contributed by atoms with Gasteiger partial charge in [-0.25, -0.2) is 0 Å². The van der Waals surface area contributed by atoms with Crippen LogP contribution in [0.15, 0.2) is 35.3 Å². The van der Waals surface area contributed by atoms with Gasteiger partial charge in [0.1, 0.15) is 18.1 Å². The number of amides is 4. The number of rotatable bonds is 18. The Balaban J connectivity index is 3.00. The lowest BCUT2D eigenvalue weighted by atomic mass is 10.0. The molecule has 39 heavy (non-hydrogen) atoms. The first kappa shape index (κ1) is 33.7. The molecule has 0 bridgehead atoms. The summed E-state index contributed by atoms with van der Waals surface area (Å²) in [5.41, 5.74) is 23.2. The second-order valence-corrected chi connectivity index (χ2v) is 10.7. The number of nitrogens with one attached hydrogen (secondary N) is 3. The van der Waals surface area contributed by atoms with Gasteiger partial charge in [-0.05, 0) is 55.6 Å². The van der Waals surface area contributed by atoms with Crippen molar-refractivity contribution in [2.75, 3.05) is 18.6 Å². The first-order valence-electron chi connectivity index (χ1n) is 13.0. The van der Waals surface area contributed by atoms with Gasteiger partial charge in [-0.2, -0.15) is 11.8 Å². The minimum Gasteiger partial charge on any atom is -0.370 e. The molecule has 0 heterocycles. The number of hydrogen-bond acceptors (Lipinski definition) is 7. The summed E-state index contributed by atoms with van der Waals surface area (Å²) < 4.78 is 0. The summed E-state index contributed by atoms with van der Waals surface area (Å²) in [7, 11) is 0. The van der Waals surface area contributed by atoms with Crippen molar-refractivity contribution in [3.8, 4) is 0 Å². The highest BCUT2D eigenvalue weighted by atomic mass is 32.2. The van der Waals surface area contributed by atoms with Crippen LogP contribution in [-0.2, 0) is 25.6 Å². The van der Waals surface area contributed by atoms with E-state index < -0.39 is 47.8 Å². The van der Waals surface area contributed by atoms with E-state index in [1.807, 2.05) is 50.4 Å². The number of guanidine groups is 1. The van der Waals surface area contributed by atoms with Crippen molar-refractivity contribution in [3.63, 3.8) is 0 Å². The summed E-state index contributed by atoms with van der Waals surface area (Å²) in [6.07, 6.45) is 3.45. The van der Waals surface area contributed by atoms with Crippen molar-refractivity contribution >= 4 is 41.4 Å². The van der Waals surface area contributed by atoms with E-state index in [4.69, 9.17) is 22.9 Å². The van der Waals surface area contributed by atoms with Crippen LogP contribution < -0.4 is 38.9 Å². The Morgan fingerprint density at radius 1 is 0.872 bits per heavy atom. The summed E-state index contributed by atoms with van der Waals surface area (Å²) in [6.45, 7) is 4.05. The molecular weight excluding hydrogens is 520 g/mol. The lowest BCUT2D eigenvalue weighted by Crippen LogP contribution is -2.57. The molecule has 0 spiro atoms. The van der Waals surface area contributed by atoms with Crippen LogP contribution in [0.5, 0.6) is 0 Å². The molecule has 0 saturated carbocycles. The van der Waals surface area contributed by atoms with Crippen molar-refractivity contribution in [2.24, 2.45) is 33.8 Å². The van der Waals surface area contributed by atoms with Gasteiger partial charge >= 0.3 is 0 Å². The van der Waals surface area contributed by atoms with E-state index >= 15 is 0 Å². The van der Waals surface area contributed by atoms with Crippen LogP contribution in [0.4, 0.5) is 0 Å². The number of hydrogen-bond donors (Lipinski definition) is 7. The second-order valence-electron chi connectivity index (χ2n) is 9.74. The maximum atomic E-state index is 13.3. The molecule has 0 aliphatic rings. The van der Waals surface area contributed by atoms with Crippen LogP contribution in [-0.4, -0.2) is 72.3 Å². The molecule has 1 aromatic carbocycles. The van der Waals surface area contributed by atoms with Crippen LogP contribution in [0.2, 0.25) is 0 Å². The highest BCUT2D eigenvalue weighted by Gasteiger charge is 2.30. The highest BCUT2D eigenvalue weighted by molar-refractivity contribution is 7.98. The van der Waals surface area contributed by atoms with Crippen LogP contribution in [0.1, 0.15) is 45.1 Å². The van der Waals surface area contributed by atoms with Gasteiger partial charge in [0, 0.05) is 6.54 Å². The zero-order valence-corrected chi connectivity index (χ0v) is 23.8. The number of carbonyl (C=O) groups excluding carboxylic acids is 4. The zero-order valence-electron chi connectivity index (χ0n) is 23.0. The third-order valence-electron chi connectivity index (χ3n) is 5.82. The Morgan fingerprint density at radius 3 is 1.97 bits per heavy atom. The van der Waals surface area contributed by atoms with E-state index in [2.05, 4.69) is 20.9 Å². The smallest absolute Gasteiger partial charge is 0.243 e. The second kappa shape index (κ2) is 18.1. The molecule has 0 unspecified atom stereocenters. The third kappa shape index (κ3) is 13.9. The predicted octanol–water partition coefficient (Wildman–Crippen LogP) is -0.651. The molecule has 0 aliphatic carbocycles. The van der Waals surface area contributed by atoms with Crippen molar-refractivity contribution in [1.29, 1.82) is 0 Å². The number of nitrogens with zero attached hydrogens (tertiary/aromatic N) is 1. The average Bonchev–Trinajstić information content (AvgIpc) is 2.87. The topological polar surface area (TPSA) is 221 Å². The van der Waals surface area contributed by atoms with Crippen molar-refractivity contribution < 1.29 is 19.2 Å². The Hall–Kier alpha value is -3.32. The van der Waals surface area contributed by atoms with E-state index in [0.717, 1.165) is 5.56 Å². The van der Waals surface area contributed by atoms with Crippen LogP contribution >= 0.6 is 11.8 Å². The van der Waals surface area contributed by atoms with E-state index in [1.165, 1.54) is 11.8 Å². The van der Waals surface area contributed by atoms with Gasteiger partial charge in [-0.1, -0.05) is 44.2 Å². The number of benzene rings is 1. The molecule has 1 rings (SSSR count). The van der Waals surface area contributed by atoms with Gasteiger partial charge < -0.3 is 38.9 Å². The first-order chi connectivity index (χ1) is 18.4. The summed E-state index contributed by atoms with van der Waals surface area (Å²) in [6, 6.07) is 5.66. The number of thioether (sulfide) groups is 1. The quantitative estimate of drug-likeness (QED) is 0.0688. The largest absolute Gasteiger partial charge is 0.370 e. The lowest BCUT2D eigenvalue weighted by Gasteiger charge is -2.26. The Bertz CT molecular complexity index is 957. The van der Waals surface area contributed by atoms with Crippen LogP contribution in [0.3, 0.4) is 0 Å². The van der Waals surface area contributed by atoms with Gasteiger partial charge in [-0.3, -0.25) is 24.2 Å². The van der Waals surface area contributed by atoms with Gasteiger partial charge in [0.05, 0.1) is 6.04 Å². The first-order valence-corrected chi connectivity index (χ1v) is 14.4. The normalized spacial score (nSPS) is 14.0. The highest BCUT2D eigenvalue weighted by Crippen LogP contribution is 2.09. The number of aliphatic imine (C=N–C) groups is 1. The molecule has 0 fully saturated rings. The fourth-order valence-electron chi connectivity index (χ4n) is 3.78. The van der Waals surface area contributed by atoms with E-state index in [9.17, 15) is 19.2 Å². The molecule has 0 aliphatic heterocycles. The molecule has 218 valence electrons. The standard InChI is InChI=1S/C26H44N8O4S/c1-16(2)14-21(22(28)35)34-24(37)19(10-7-12-31-26(29)30)33-25(38)20(11-13-39-3)32-23(36)18(27)15-17-8-5-4-6-9-17/h4-6,8-9,16,18-21H,7,10-15,27H2,1-3H3,(H2,28,35)(H,32,36)(H,33,38)(H,34,37)(H4,29,30,31)/t18-,19-,20-,21-/m0/s1. The molecule has 0 radical (unpaired) electrons. The third-order valence-corrected chi connectivity index (χ3v) is 6.47. The predicted molar refractivity (Wildman–Crippen MR) is 155 cm³/mol. The van der Waals surface area contributed by atoms with Crippen LogP contribution in [0, 0.1) is 5.92 Å². The fourth-order valence-corrected chi connectivity index (χ4v) is 4.25. The molecule has 4 amide bonds. The summed E-state index contributed by atoms with van der Waals surface area (Å²) in [5, 5.41) is 8.11. The monoisotopic (exact) mass is 564 g/mol. The molecular formula is C26H44N8O4S. The lowest BCUT2D eigenvalue weighted by molar-refractivity contribution is -0.133. The van der Waals surface area contributed by atoms with Gasteiger partial charge in [0.25, 0.3) is 0 Å². The Morgan fingerprint density at radius 2 is 1.44 bits per heavy atom. The SMILES string of the molecule is CSCC[C@H](NC(=O)[C@@H](N)Cc1ccccc1)C(=O)N[C@@H](CCCN=C(N)N)C(=O)N[C@@H](CC(C)C)C(N)=O. The fraction of sp³-hybridized carbons (Fsp3) is 0.577. The molecule has 13 heteroatoms. The maximum absolute atomic E-state index is 13.3. The van der Waals surface area contributed by atoms with Crippen molar-refractivity contribution in [1.82, 2.24) is 16.0 Å². The number of carbonyl (C=O) groups is 4. The van der Waals surface area contributed by atoms with Gasteiger partial charge in [0.15, 0.2) is 5.96 Å². The Labute approximate surface area is 234 Å². The minimum absolute atomic E-state index is 0.0857. The zero-order chi connectivity index (χ0) is 29.4. The molecule has 1 aromatic rings. The minimum atomic E-state index is -1.01. The van der Waals surface area contributed by atoms with Crippen LogP contribution in [0.25, 0.3) is 0 Å². The average molecular weight is 565 g/mol. The van der Waals surface area contributed by atoms with Crippen molar-refractivity contribution in [2.45, 2.75) is 70.1 Å². The van der Waals surface area contributed by atoms with Gasteiger partial charge in [-0.15, -0.1) is 0 Å². The number of primary amides is 1. The molecule has 0 saturated heterocycles. The molecule has 11 N–H and O–H groups in total. The summed E-state index contributed by atoms with van der Waals surface area (Å²) in [4.78, 5) is 55.1. The van der Waals surface area contributed by atoms with E-state index in [-0.39, 0.29) is 24.8 Å². The van der Waals surface area contributed by atoms with Crippen molar-refractivity contribution in [3.05, 3.63) is 35.9 Å². The van der Waals surface area contributed by atoms with E-state index in [1.54, 1.807) is 0 Å². The summed E-state index contributed by atoms with van der Waals surface area (Å²) >= 11 is 1.52.